The highest BCUT2D eigenvalue weighted by Gasteiger charge is 2.10. The molecule has 0 atom stereocenters. The normalized spacial score (nSPS) is 9.68. The van der Waals surface area contributed by atoms with Crippen molar-refractivity contribution < 1.29 is 19.1 Å². The second-order valence-electron chi connectivity index (χ2n) is 3.49. The smallest absolute Gasteiger partial charge is 0.425 e. The van der Waals surface area contributed by atoms with E-state index in [1.54, 1.807) is 0 Å². The van der Waals surface area contributed by atoms with Crippen LogP contribution in [0.25, 0.3) is 0 Å². The van der Waals surface area contributed by atoms with E-state index in [0.29, 0.717) is 5.75 Å². The number of carbonyl (C=O) groups is 2. The highest BCUT2D eigenvalue weighted by Crippen LogP contribution is 2.32. The van der Waals surface area contributed by atoms with E-state index in [4.69, 9.17) is 4.74 Å². The summed E-state index contributed by atoms with van der Waals surface area (Å²) in [5.41, 5.74) is 5.06. The van der Waals surface area contributed by atoms with Crippen molar-refractivity contribution in [3.8, 4) is 5.75 Å². The molecule has 0 spiro atoms. The van der Waals surface area contributed by atoms with Gasteiger partial charge in [0.15, 0.2) is 6.61 Å². The van der Waals surface area contributed by atoms with Crippen molar-refractivity contribution in [2.45, 2.75) is 6.92 Å². The van der Waals surface area contributed by atoms with Crippen LogP contribution in [-0.4, -0.2) is 25.7 Å². The molecule has 19 heavy (non-hydrogen) atoms. The van der Waals surface area contributed by atoms with Crippen LogP contribution in [0.15, 0.2) is 21.1 Å². The number of halogens is 2. The SMILES string of the molecule is COC(=O)NNC(=O)COc1c(C)cc(Br)cc1Br. The molecule has 0 aliphatic rings. The topological polar surface area (TPSA) is 76.7 Å². The molecule has 0 unspecified atom stereocenters. The minimum Gasteiger partial charge on any atom is -0.482 e. The molecule has 0 saturated heterocycles. The number of amides is 2. The lowest BCUT2D eigenvalue weighted by atomic mass is 10.2. The maximum atomic E-state index is 11.4. The van der Waals surface area contributed by atoms with Gasteiger partial charge in [0.25, 0.3) is 5.91 Å². The summed E-state index contributed by atoms with van der Waals surface area (Å²) >= 11 is 6.69. The van der Waals surface area contributed by atoms with E-state index in [9.17, 15) is 9.59 Å². The predicted octanol–water partition coefficient (Wildman–Crippen LogP) is 2.29. The first-order chi connectivity index (χ1) is 8.93. The van der Waals surface area contributed by atoms with E-state index in [1.165, 1.54) is 7.11 Å². The molecular weight excluding hydrogens is 384 g/mol. The van der Waals surface area contributed by atoms with Crippen LogP contribution in [0, 0.1) is 6.92 Å². The molecule has 0 saturated carbocycles. The van der Waals surface area contributed by atoms with Crippen molar-refractivity contribution in [1.29, 1.82) is 0 Å². The zero-order valence-corrected chi connectivity index (χ0v) is 13.4. The van der Waals surface area contributed by atoms with E-state index in [1.807, 2.05) is 24.5 Å². The van der Waals surface area contributed by atoms with Gasteiger partial charge >= 0.3 is 6.09 Å². The fraction of sp³-hybridized carbons (Fsp3) is 0.273. The number of methoxy groups -OCH3 is 1. The minimum atomic E-state index is -0.755. The summed E-state index contributed by atoms with van der Waals surface area (Å²) in [7, 11) is 1.19. The van der Waals surface area contributed by atoms with Crippen LogP contribution in [0.2, 0.25) is 0 Å². The molecule has 0 heterocycles. The van der Waals surface area contributed by atoms with Crippen molar-refractivity contribution in [3.63, 3.8) is 0 Å². The van der Waals surface area contributed by atoms with Gasteiger partial charge in [-0.2, -0.15) is 0 Å². The number of hydrazine groups is 1. The van der Waals surface area contributed by atoms with Gasteiger partial charge in [0.05, 0.1) is 11.6 Å². The fourth-order valence-electron chi connectivity index (χ4n) is 1.22. The van der Waals surface area contributed by atoms with Crippen LogP contribution in [-0.2, 0) is 9.53 Å². The first-order valence-electron chi connectivity index (χ1n) is 5.15. The van der Waals surface area contributed by atoms with Crippen LogP contribution in [0.1, 0.15) is 5.56 Å². The van der Waals surface area contributed by atoms with Gasteiger partial charge in [0, 0.05) is 4.47 Å². The van der Waals surface area contributed by atoms with Gasteiger partial charge < -0.3 is 9.47 Å². The minimum absolute atomic E-state index is 0.231. The summed E-state index contributed by atoms with van der Waals surface area (Å²) in [5, 5.41) is 0. The number of carbonyl (C=O) groups excluding carboxylic acids is 2. The Hall–Kier alpha value is -1.28. The Labute approximate surface area is 127 Å². The lowest BCUT2D eigenvalue weighted by molar-refractivity contribution is -0.123. The molecule has 2 N–H and O–H groups in total. The molecule has 0 radical (unpaired) electrons. The van der Waals surface area contributed by atoms with Crippen molar-refractivity contribution >= 4 is 43.9 Å². The number of ether oxygens (including phenoxy) is 2. The number of hydrogen-bond donors (Lipinski definition) is 2. The Kier molecular flexibility index (Phi) is 6.10. The van der Waals surface area contributed by atoms with Gasteiger partial charge in [-0.15, -0.1) is 0 Å². The molecule has 1 aromatic rings. The van der Waals surface area contributed by atoms with E-state index in [2.05, 4.69) is 42.0 Å². The maximum absolute atomic E-state index is 11.4. The Balaban J connectivity index is 2.53. The van der Waals surface area contributed by atoms with Crippen molar-refractivity contribution in [2.75, 3.05) is 13.7 Å². The molecule has 0 fully saturated rings. The summed E-state index contributed by atoms with van der Waals surface area (Å²) < 4.78 is 11.3. The van der Waals surface area contributed by atoms with Crippen LogP contribution >= 0.6 is 31.9 Å². The highest BCUT2D eigenvalue weighted by molar-refractivity contribution is 9.11. The molecule has 0 aromatic heterocycles. The molecule has 1 aromatic carbocycles. The lowest BCUT2D eigenvalue weighted by Gasteiger charge is -2.12. The first-order valence-corrected chi connectivity index (χ1v) is 6.74. The largest absolute Gasteiger partial charge is 0.482 e. The van der Waals surface area contributed by atoms with Crippen LogP contribution in [0.3, 0.4) is 0 Å². The molecule has 1 rings (SSSR count). The summed E-state index contributed by atoms with van der Waals surface area (Å²) in [6.45, 7) is 1.63. The Morgan fingerprint density at radius 2 is 1.95 bits per heavy atom. The Bertz CT molecular complexity index is 471. The van der Waals surface area contributed by atoms with E-state index < -0.39 is 12.0 Å². The van der Waals surface area contributed by atoms with Gasteiger partial charge in [0.1, 0.15) is 5.75 Å². The highest BCUT2D eigenvalue weighted by atomic mass is 79.9. The van der Waals surface area contributed by atoms with Crippen LogP contribution < -0.4 is 15.6 Å². The standard InChI is InChI=1S/C11H12Br2N2O4/c1-6-3-7(12)4-8(13)10(6)19-5-9(16)14-15-11(17)18-2/h3-4H,5H2,1-2H3,(H,14,16)(H,15,17). The van der Waals surface area contributed by atoms with E-state index in [-0.39, 0.29) is 6.61 Å². The number of rotatable bonds is 3. The van der Waals surface area contributed by atoms with Crippen LogP contribution in [0.4, 0.5) is 4.79 Å². The van der Waals surface area contributed by atoms with Crippen molar-refractivity contribution in [2.24, 2.45) is 0 Å². The second kappa shape index (κ2) is 7.34. The molecule has 0 aliphatic heterocycles. The Morgan fingerprint density at radius 3 is 2.53 bits per heavy atom. The summed E-state index contributed by atoms with van der Waals surface area (Å²) in [6.07, 6.45) is -0.755. The van der Waals surface area contributed by atoms with Crippen LogP contribution in [0.5, 0.6) is 5.75 Å². The maximum Gasteiger partial charge on any atom is 0.425 e. The fourth-order valence-corrected chi connectivity index (χ4v) is 2.77. The molecule has 104 valence electrons. The lowest BCUT2D eigenvalue weighted by Crippen LogP contribution is -2.43. The van der Waals surface area contributed by atoms with Gasteiger partial charge in [-0.25, -0.2) is 10.2 Å². The third-order valence-electron chi connectivity index (χ3n) is 2.03. The monoisotopic (exact) mass is 394 g/mol. The number of nitrogens with one attached hydrogen (secondary N) is 2. The second-order valence-corrected chi connectivity index (χ2v) is 5.26. The first kappa shape index (κ1) is 15.8. The summed E-state index contributed by atoms with van der Waals surface area (Å²) in [4.78, 5) is 22.1. The predicted molar refractivity (Wildman–Crippen MR) is 75.8 cm³/mol. The number of hydrogen-bond acceptors (Lipinski definition) is 4. The van der Waals surface area contributed by atoms with E-state index >= 15 is 0 Å². The Morgan fingerprint density at radius 1 is 1.26 bits per heavy atom. The number of benzene rings is 1. The third kappa shape index (κ3) is 5.07. The summed E-state index contributed by atoms with van der Waals surface area (Å²) in [6, 6.07) is 3.68. The van der Waals surface area contributed by atoms with Gasteiger partial charge in [-0.3, -0.25) is 10.2 Å². The van der Waals surface area contributed by atoms with Gasteiger partial charge in [-0.1, -0.05) is 15.9 Å². The average molecular weight is 396 g/mol. The zero-order chi connectivity index (χ0) is 14.4. The number of aryl methyl sites for hydroxylation is 1. The van der Waals surface area contributed by atoms with Gasteiger partial charge in [-0.05, 0) is 40.5 Å². The van der Waals surface area contributed by atoms with Gasteiger partial charge in [0.2, 0.25) is 0 Å². The molecule has 2 amide bonds. The third-order valence-corrected chi connectivity index (χ3v) is 3.08. The van der Waals surface area contributed by atoms with Crippen molar-refractivity contribution in [1.82, 2.24) is 10.9 Å². The molecule has 0 bridgehead atoms. The van der Waals surface area contributed by atoms with E-state index in [0.717, 1.165) is 14.5 Å². The molecule has 6 nitrogen and oxygen atoms in total. The zero-order valence-electron chi connectivity index (χ0n) is 10.3. The molecule has 0 aliphatic carbocycles. The average Bonchev–Trinajstić information content (AvgIpc) is 2.34. The van der Waals surface area contributed by atoms with Crippen molar-refractivity contribution in [3.05, 3.63) is 26.6 Å². The summed E-state index contributed by atoms with van der Waals surface area (Å²) in [5.74, 6) is 0.0658. The molecule has 8 heteroatoms. The molecular formula is C11H12Br2N2O4. The quantitative estimate of drug-likeness (QED) is 0.770.